The number of nitrogen functional groups attached to an aromatic ring is 1. The molecule has 0 aliphatic carbocycles. The molecule has 0 aliphatic rings. The number of carbonyl (C=O) groups excluding carboxylic acids is 1. The van der Waals surface area contributed by atoms with Gasteiger partial charge in [0.05, 0.1) is 12.7 Å². The van der Waals surface area contributed by atoms with Crippen LogP contribution in [0, 0.1) is 0 Å². The van der Waals surface area contributed by atoms with E-state index in [1.807, 2.05) is 0 Å². The highest BCUT2D eigenvalue weighted by Gasteiger charge is 2.11. The van der Waals surface area contributed by atoms with E-state index < -0.39 is 0 Å². The van der Waals surface area contributed by atoms with Crippen molar-refractivity contribution in [1.29, 1.82) is 0 Å². The molecule has 18 heavy (non-hydrogen) atoms. The zero-order chi connectivity index (χ0) is 13.4. The lowest BCUT2D eigenvalue weighted by atomic mass is 10.1. The number of anilines is 1. The molecule has 0 bridgehead atoms. The van der Waals surface area contributed by atoms with Crippen LogP contribution in [-0.4, -0.2) is 31.3 Å². The molecule has 5 heteroatoms. The van der Waals surface area contributed by atoms with Gasteiger partial charge in [-0.1, -0.05) is 0 Å². The summed E-state index contributed by atoms with van der Waals surface area (Å²) in [7, 11) is 1.52. The largest absolute Gasteiger partial charge is 0.496 e. The third kappa shape index (κ3) is 4.25. The van der Waals surface area contributed by atoms with Gasteiger partial charge < -0.3 is 20.9 Å². The van der Waals surface area contributed by atoms with E-state index in [9.17, 15) is 4.79 Å². The Balaban J connectivity index is 2.52. The number of nitrogens with one attached hydrogen (secondary N) is 1. The molecule has 0 saturated heterocycles. The maximum Gasteiger partial charge on any atom is 0.255 e. The topological polar surface area (TPSA) is 84.6 Å². The predicted octanol–water partition coefficient (Wildman–Crippen LogP) is 1.17. The molecule has 0 unspecified atom stereocenters. The number of unbranched alkanes of at least 4 members (excludes halogenated alkanes) is 2. The van der Waals surface area contributed by atoms with Crippen LogP contribution in [0.1, 0.15) is 29.6 Å². The fraction of sp³-hybridized carbons (Fsp3) is 0.462. The highest BCUT2D eigenvalue weighted by Crippen LogP contribution is 2.20. The molecule has 0 saturated carbocycles. The van der Waals surface area contributed by atoms with Gasteiger partial charge in [0.15, 0.2) is 0 Å². The van der Waals surface area contributed by atoms with Gasteiger partial charge in [0, 0.05) is 18.8 Å². The number of ether oxygens (including phenoxy) is 1. The van der Waals surface area contributed by atoms with Gasteiger partial charge in [-0.25, -0.2) is 0 Å². The normalized spacial score (nSPS) is 10.1. The number of hydrogen-bond donors (Lipinski definition) is 3. The quantitative estimate of drug-likeness (QED) is 0.502. The van der Waals surface area contributed by atoms with Gasteiger partial charge in [-0.3, -0.25) is 4.79 Å². The minimum absolute atomic E-state index is 0.191. The highest BCUT2D eigenvalue weighted by atomic mass is 16.5. The summed E-state index contributed by atoms with van der Waals surface area (Å²) in [5.74, 6) is 0.320. The van der Waals surface area contributed by atoms with Crippen molar-refractivity contribution in [2.24, 2.45) is 0 Å². The van der Waals surface area contributed by atoms with Crippen molar-refractivity contribution in [3.63, 3.8) is 0 Å². The van der Waals surface area contributed by atoms with Gasteiger partial charge in [0.2, 0.25) is 0 Å². The second kappa shape index (κ2) is 7.55. The van der Waals surface area contributed by atoms with Crippen LogP contribution in [0.5, 0.6) is 5.75 Å². The number of rotatable bonds is 7. The molecule has 100 valence electrons. The van der Waals surface area contributed by atoms with Gasteiger partial charge in [0.1, 0.15) is 5.75 Å². The zero-order valence-corrected chi connectivity index (χ0v) is 10.6. The second-order valence-corrected chi connectivity index (χ2v) is 4.00. The van der Waals surface area contributed by atoms with Crippen LogP contribution in [0.25, 0.3) is 0 Å². The van der Waals surface area contributed by atoms with Crippen molar-refractivity contribution in [2.45, 2.75) is 19.3 Å². The molecule has 1 amide bonds. The summed E-state index contributed by atoms with van der Waals surface area (Å²) < 4.78 is 5.12. The van der Waals surface area contributed by atoms with Crippen LogP contribution in [0.3, 0.4) is 0 Å². The van der Waals surface area contributed by atoms with Crippen molar-refractivity contribution in [2.75, 3.05) is 26.0 Å². The van der Waals surface area contributed by atoms with E-state index in [2.05, 4.69) is 5.32 Å². The summed E-state index contributed by atoms with van der Waals surface area (Å²) in [5.41, 5.74) is 6.62. The van der Waals surface area contributed by atoms with Crippen LogP contribution in [0.2, 0.25) is 0 Å². The van der Waals surface area contributed by atoms with E-state index in [1.165, 1.54) is 7.11 Å². The van der Waals surface area contributed by atoms with E-state index in [0.29, 0.717) is 23.5 Å². The zero-order valence-electron chi connectivity index (χ0n) is 10.6. The number of hydrogen-bond acceptors (Lipinski definition) is 4. The Bertz CT molecular complexity index is 394. The van der Waals surface area contributed by atoms with Gasteiger partial charge in [-0.15, -0.1) is 0 Å². The molecule has 0 atom stereocenters. The minimum atomic E-state index is -0.192. The Morgan fingerprint density at radius 2 is 2.17 bits per heavy atom. The average Bonchev–Trinajstić information content (AvgIpc) is 2.38. The molecule has 0 radical (unpaired) electrons. The van der Waals surface area contributed by atoms with Crippen LogP contribution in [0.4, 0.5) is 5.69 Å². The van der Waals surface area contributed by atoms with Crippen molar-refractivity contribution < 1.29 is 14.6 Å². The lowest BCUT2D eigenvalue weighted by Crippen LogP contribution is -2.25. The first-order valence-electron chi connectivity index (χ1n) is 6.01. The summed E-state index contributed by atoms with van der Waals surface area (Å²) in [6.07, 6.45) is 2.50. The minimum Gasteiger partial charge on any atom is -0.496 e. The molecular weight excluding hydrogens is 232 g/mol. The highest BCUT2D eigenvalue weighted by molar-refractivity contribution is 5.97. The number of nitrogens with two attached hydrogens (primary N) is 1. The Labute approximate surface area is 107 Å². The standard InChI is InChI=1S/C13H20N2O3/c1-18-12-6-5-10(14)9-11(12)13(17)15-7-3-2-4-8-16/h5-6,9,16H,2-4,7-8,14H2,1H3,(H,15,17). The molecular formula is C13H20N2O3. The lowest BCUT2D eigenvalue weighted by molar-refractivity contribution is 0.0950. The van der Waals surface area contributed by atoms with E-state index in [4.69, 9.17) is 15.6 Å². The van der Waals surface area contributed by atoms with Gasteiger partial charge >= 0.3 is 0 Å². The Morgan fingerprint density at radius 1 is 1.39 bits per heavy atom. The predicted molar refractivity (Wildman–Crippen MR) is 70.7 cm³/mol. The summed E-state index contributed by atoms with van der Waals surface area (Å²) in [6, 6.07) is 4.97. The Hall–Kier alpha value is -1.75. The molecule has 0 aromatic heterocycles. The number of amides is 1. The Morgan fingerprint density at radius 3 is 2.83 bits per heavy atom. The van der Waals surface area contributed by atoms with Crippen LogP contribution in [-0.2, 0) is 0 Å². The molecule has 0 spiro atoms. The van der Waals surface area contributed by atoms with Crippen LogP contribution < -0.4 is 15.8 Å². The molecule has 1 aromatic rings. The molecule has 5 nitrogen and oxygen atoms in total. The lowest BCUT2D eigenvalue weighted by Gasteiger charge is -2.09. The number of benzene rings is 1. The number of carbonyl (C=O) groups is 1. The molecule has 0 heterocycles. The first kappa shape index (κ1) is 14.3. The smallest absolute Gasteiger partial charge is 0.255 e. The molecule has 1 aromatic carbocycles. The van der Waals surface area contributed by atoms with Gasteiger partial charge in [-0.05, 0) is 37.5 Å². The number of methoxy groups -OCH3 is 1. The fourth-order valence-corrected chi connectivity index (χ4v) is 1.61. The van der Waals surface area contributed by atoms with E-state index in [0.717, 1.165) is 19.3 Å². The maximum atomic E-state index is 11.9. The summed E-state index contributed by atoms with van der Waals surface area (Å²) >= 11 is 0. The van der Waals surface area contributed by atoms with Gasteiger partial charge in [-0.2, -0.15) is 0 Å². The van der Waals surface area contributed by atoms with Gasteiger partial charge in [0.25, 0.3) is 5.91 Å². The van der Waals surface area contributed by atoms with E-state index >= 15 is 0 Å². The Kier molecular flexibility index (Phi) is 6.00. The SMILES string of the molecule is COc1ccc(N)cc1C(=O)NCCCCCO. The fourth-order valence-electron chi connectivity index (χ4n) is 1.61. The summed E-state index contributed by atoms with van der Waals surface area (Å²) in [4.78, 5) is 11.9. The molecule has 4 N–H and O–H groups in total. The molecule has 1 rings (SSSR count). The maximum absolute atomic E-state index is 11.9. The number of aliphatic hydroxyl groups is 1. The summed E-state index contributed by atoms with van der Waals surface area (Å²) in [6.45, 7) is 0.772. The molecule has 0 fully saturated rings. The van der Waals surface area contributed by atoms with Crippen molar-refractivity contribution in [1.82, 2.24) is 5.32 Å². The molecule has 0 aliphatic heterocycles. The first-order chi connectivity index (χ1) is 8.69. The van der Waals surface area contributed by atoms with Crippen molar-refractivity contribution in [3.05, 3.63) is 23.8 Å². The second-order valence-electron chi connectivity index (χ2n) is 4.00. The number of aliphatic hydroxyl groups excluding tert-OH is 1. The van der Waals surface area contributed by atoms with Crippen LogP contribution >= 0.6 is 0 Å². The summed E-state index contributed by atoms with van der Waals surface area (Å²) in [5, 5.41) is 11.4. The monoisotopic (exact) mass is 252 g/mol. The van der Waals surface area contributed by atoms with Crippen molar-refractivity contribution in [3.8, 4) is 5.75 Å². The third-order valence-electron chi connectivity index (χ3n) is 2.59. The van der Waals surface area contributed by atoms with Crippen LogP contribution in [0.15, 0.2) is 18.2 Å². The first-order valence-corrected chi connectivity index (χ1v) is 6.01. The van der Waals surface area contributed by atoms with E-state index in [-0.39, 0.29) is 12.5 Å². The third-order valence-corrected chi connectivity index (χ3v) is 2.59. The average molecular weight is 252 g/mol. The van der Waals surface area contributed by atoms with E-state index in [1.54, 1.807) is 18.2 Å². The van der Waals surface area contributed by atoms with Crippen molar-refractivity contribution >= 4 is 11.6 Å².